The van der Waals surface area contributed by atoms with E-state index in [1.165, 1.54) is 18.6 Å². The van der Waals surface area contributed by atoms with E-state index in [9.17, 15) is 9.18 Å². The van der Waals surface area contributed by atoms with Crippen molar-refractivity contribution >= 4 is 16.8 Å². The van der Waals surface area contributed by atoms with Crippen LogP contribution in [0.25, 0.3) is 22.0 Å². The third kappa shape index (κ3) is 3.16. The molecule has 4 heteroatoms. The molecule has 4 rings (SSSR count). The van der Waals surface area contributed by atoms with E-state index in [0.717, 1.165) is 47.7 Å². The van der Waals surface area contributed by atoms with Crippen molar-refractivity contribution in [3.8, 4) is 11.1 Å². The maximum atomic E-state index is 13.8. The highest BCUT2D eigenvalue weighted by Gasteiger charge is 2.22. The molecule has 1 amide bonds. The minimum atomic E-state index is -0.303. The number of nitrogens with one attached hydrogen (secondary N) is 2. The number of aromatic nitrogens is 1. The number of fused-ring (bicyclic) bond motifs is 1. The van der Waals surface area contributed by atoms with Crippen LogP contribution in [0.15, 0.2) is 48.5 Å². The van der Waals surface area contributed by atoms with Crippen LogP contribution in [0.1, 0.15) is 42.6 Å². The minimum absolute atomic E-state index is 0.109. The Balaban J connectivity index is 1.78. The van der Waals surface area contributed by atoms with Gasteiger partial charge in [-0.05, 0) is 36.6 Å². The summed E-state index contributed by atoms with van der Waals surface area (Å²) in [5.74, 6) is -0.412. The van der Waals surface area contributed by atoms with E-state index in [-0.39, 0.29) is 17.8 Å². The lowest BCUT2D eigenvalue weighted by molar-refractivity contribution is 0.0924. The van der Waals surface area contributed by atoms with Gasteiger partial charge in [0.05, 0.1) is 0 Å². The number of H-pyrrole nitrogens is 1. The number of benzene rings is 2. The summed E-state index contributed by atoms with van der Waals surface area (Å²) in [7, 11) is 0. The molecule has 0 radical (unpaired) electrons. The summed E-state index contributed by atoms with van der Waals surface area (Å²) in [6, 6.07) is 14.5. The number of halogens is 1. The minimum Gasteiger partial charge on any atom is -0.350 e. The summed E-state index contributed by atoms with van der Waals surface area (Å²) in [4.78, 5) is 16.1. The molecule has 3 aromatic rings. The van der Waals surface area contributed by atoms with Gasteiger partial charge in [0.2, 0.25) is 0 Å². The van der Waals surface area contributed by atoms with Gasteiger partial charge in [0, 0.05) is 22.5 Å². The van der Waals surface area contributed by atoms with E-state index in [1.807, 2.05) is 30.3 Å². The molecule has 1 aliphatic rings. The van der Waals surface area contributed by atoms with Gasteiger partial charge in [0.25, 0.3) is 5.91 Å². The van der Waals surface area contributed by atoms with Crippen LogP contribution in [0.4, 0.5) is 4.39 Å². The Hall–Kier alpha value is -2.62. The second-order valence-electron chi connectivity index (χ2n) is 6.74. The quantitative estimate of drug-likeness (QED) is 0.692. The zero-order chi connectivity index (χ0) is 17.2. The Bertz CT molecular complexity index is 895. The molecule has 2 N–H and O–H groups in total. The van der Waals surface area contributed by atoms with Crippen LogP contribution in [0.5, 0.6) is 0 Å². The van der Waals surface area contributed by atoms with Crippen molar-refractivity contribution in [3.05, 3.63) is 60.0 Å². The van der Waals surface area contributed by atoms with Crippen molar-refractivity contribution < 1.29 is 9.18 Å². The van der Waals surface area contributed by atoms with Crippen molar-refractivity contribution in [2.24, 2.45) is 0 Å². The molecule has 0 unspecified atom stereocenters. The Morgan fingerprint density at radius 2 is 1.80 bits per heavy atom. The number of aromatic amines is 1. The molecule has 0 aliphatic heterocycles. The van der Waals surface area contributed by atoms with Gasteiger partial charge in [-0.2, -0.15) is 0 Å². The number of carbonyl (C=O) groups excluding carboxylic acids is 1. The first-order chi connectivity index (χ1) is 12.2. The molecule has 1 saturated carbocycles. The molecular formula is C21H21FN2O. The smallest absolute Gasteiger partial charge is 0.268 e. The predicted molar refractivity (Wildman–Crippen MR) is 98.0 cm³/mol. The van der Waals surface area contributed by atoms with Gasteiger partial charge in [0.1, 0.15) is 11.5 Å². The summed E-state index contributed by atoms with van der Waals surface area (Å²) in [5, 5.41) is 3.89. The largest absolute Gasteiger partial charge is 0.350 e. The fraction of sp³-hybridized carbons (Fsp3) is 0.286. The van der Waals surface area contributed by atoms with E-state index in [0.29, 0.717) is 5.69 Å². The molecule has 25 heavy (non-hydrogen) atoms. The highest BCUT2D eigenvalue weighted by Crippen LogP contribution is 2.33. The van der Waals surface area contributed by atoms with Crippen molar-refractivity contribution in [1.82, 2.24) is 10.3 Å². The Labute approximate surface area is 146 Å². The van der Waals surface area contributed by atoms with Crippen LogP contribution < -0.4 is 5.32 Å². The van der Waals surface area contributed by atoms with E-state index >= 15 is 0 Å². The molecule has 2 aromatic carbocycles. The summed E-state index contributed by atoms with van der Waals surface area (Å²) < 4.78 is 13.8. The summed E-state index contributed by atoms with van der Waals surface area (Å²) in [6.07, 6.45) is 5.62. The molecule has 0 saturated heterocycles. The van der Waals surface area contributed by atoms with Crippen molar-refractivity contribution in [1.29, 1.82) is 0 Å². The Kier molecular flexibility index (Phi) is 4.26. The number of rotatable bonds is 3. The first kappa shape index (κ1) is 15.9. The second-order valence-corrected chi connectivity index (χ2v) is 6.74. The van der Waals surface area contributed by atoms with Crippen LogP contribution in [-0.2, 0) is 0 Å². The maximum absolute atomic E-state index is 13.8. The van der Waals surface area contributed by atoms with Crippen LogP contribution >= 0.6 is 0 Å². The topological polar surface area (TPSA) is 44.9 Å². The van der Waals surface area contributed by atoms with Gasteiger partial charge in [0.15, 0.2) is 0 Å². The molecule has 0 bridgehead atoms. The second kappa shape index (κ2) is 6.71. The van der Waals surface area contributed by atoms with E-state index in [2.05, 4.69) is 10.3 Å². The zero-order valence-corrected chi connectivity index (χ0v) is 14.0. The lowest BCUT2D eigenvalue weighted by atomic mass is 9.95. The Morgan fingerprint density at radius 1 is 1.04 bits per heavy atom. The molecule has 0 atom stereocenters. The number of carbonyl (C=O) groups is 1. The normalized spacial score (nSPS) is 15.4. The monoisotopic (exact) mass is 336 g/mol. The third-order valence-corrected chi connectivity index (χ3v) is 4.99. The highest BCUT2D eigenvalue weighted by molar-refractivity contribution is 6.09. The molecule has 1 fully saturated rings. The first-order valence-corrected chi connectivity index (χ1v) is 8.90. The van der Waals surface area contributed by atoms with Gasteiger partial charge in [-0.3, -0.25) is 4.79 Å². The molecule has 1 heterocycles. The van der Waals surface area contributed by atoms with Crippen molar-refractivity contribution in [2.45, 2.75) is 38.1 Å². The predicted octanol–water partition coefficient (Wildman–Crippen LogP) is 5.04. The van der Waals surface area contributed by atoms with Crippen molar-refractivity contribution in [3.63, 3.8) is 0 Å². The average molecular weight is 336 g/mol. The molecule has 1 aliphatic carbocycles. The fourth-order valence-electron chi connectivity index (χ4n) is 3.74. The van der Waals surface area contributed by atoms with Crippen LogP contribution in [-0.4, -0.2) is 16.9 Å². The first-order valence-electron chi connectivity index (χ1n) is 8.90. The summed E-state index contributed by atoms with van der Waals surface area (Å²) in [6.45, 7) is 0. The van der Waals surface area contributed by atoms with Gasteiger partial charge < -0.3 is 10.3 Å². The highest BCUT2D eigenvalue weighted by atomic mass is 19.1. The van der Waals surface area contributed by atoms with Gasteiger partial charge in [-0.15, -0.1) is 0 Å². The number of amides is 1. The SMILES string of the molecule is O=C(NC1CCCCC1)c1[nH]c2ccc(F)cc2c1-c1ccccc1. The van der Waals surface area contributed by atoms with E-state index < -0.39 is 0 Å². The number of hydrogen-bond donors (Lipinski definition) is 2. The molecule has 0 spiro atoms. The summed E-state index contributed by atoms with van der Waals surface area (Å²) in [5.41, 5.74) is 2.96. The maximum Gasteiger partial charge on any atom is 0.268 e. The van der Waals surface area contributed by atoms with Gasteiger partial charge >= 0.3 is 0 Å². The Morgan fingerprint density at radius 3 is 2.56 bits per heavy atom. The summed E-state index contributed by atoms with van der Waals surface area (Å²) >= 11 is 0. The van der Waals surface area contributed by atoms with Gasteiger partial charge in [-0.25, -0.2) is 4.39 Å². The van der Waals surface area contributed by atoms with Crippen molar-refractivity contribution in [2.75, 3.05) is 0 Å². The molecule has 128 valence electrons. The zero-order valence-electron chi connectivity index (χ0n) is 14.0. The van der Waals surface area contributed by atoms with Crippen LogP contribution in [0.3, 0.4) is 0 Å². The molecule has 3 nitrogen and oxygen atoms in total. The van der Waals surface area contributed by atoms with Gasteiger partial charge in [-0.1, -0.05) is 49.6 Å². The van der Waals surface area contributed by atoms with Crippen LogP contribution in [0, 0.1) is 5.82 Å². The molecule has 1 aromatic heterocycles. The fourth-order valence-corrected chi connectivity index (χ4v) is 3.74. The molecular weight excluding hydrogens is 315 g/mol. The van der Waals surface area contributed by atoms with Crippen LogP contribution in [0.2, 0.25) is 0 Å². The van der Waals surface area contributed by atoms with E-state index in [4.69, 9.17) is 0 Å². The lowest BCUT2D eigenvalue weighted by Crippen LogP contribution is -2.36. The lowest BCUT2D eigenvalue weighted by Gasteiger charge is -2.22. The number of hydrogen-bond acceptors (Lipinski definition) is 1. The standard InChI is InChI=1S/C21H21FN2O/c22-15-11-12-18-17(13-15)19(14-7-3-1-4-8-14)20(24-18)21(25)23-16-9-5-2-6-10-16/h1,3-4,7-8,11-13,16,24H,2,5-6,9-10H2,(H,23,25). The van der Waals surface area contributed by atoms with E-state index in [1.54, 1.807) is 6.07 Å². The average Bonchev–Trinajstić information content (AvgIpc) is 3.02. The third-order valence-electron chi connectivity index (χ3n) is 4.99.